The maximum Gasteiger partial charge on any atom is 0.254 e. The summed E-state index contributed by atoms with van der Waals surface area (Å²) in [7, 11) is 0. The van der Waals surface area contributed by atoms with Crippen LogP contribution in [0.15, 0.2) is 54.6 Å². The Kier molecular flexibility index (Phi) is 5.96. The third-order valence-electron chi connectivity index (χ3n) is 4.11. The number of benzene rings is 2. The van der Waals surface area contributed by atoms with Crippen LogP contribution in [-0.4, -0.2) is 26.1 Å². The molecule has 1 heterocycles. The zero-order valence-corrected chi connectivity index (χ0v) is 15.7. The van der Waals surface area contributed by atoms with E-state index in [1.165, 1.54) is 11.7 Å². The van der Waals surface area contributed by atoms with Crippen LogP contribution < -0.4 is 4.74 Å². The van der Waals surface area contributed by atoms with Crippen molar-refractivity contribution in [2.24, 2.45) is 0 Å². The standard InChI is InChI=1S/C20H21N3O2S/c1-3-23(13-16-7-5-4-6-8-16)20(24)17-9-11-18(12-10-17)25-14-19-15(2)21-26-22-19/h4-12H,3,13-14H2,1-2H3. The van der Waals surface area contributed by atoms with Gasteiger partial charge in [0, 0.05) is 18.7 Å². The van der Waals surface area contributed by atoms with E-state index in [4.69, 9.17) is 4.74 Å². The Hall–Kier alpha value is -2.73. The molecule has 3 aromatic rings. The molecule has 0 saturated carbocycles. The smallest absolute Gasteiger partial charge is 0.254 e. The molecule has 0 atom stereocenters. The Labute approximate surface area is 157 Å². The van der Waals surface area contributed by atoms with E-state index in [2.05, 4.69) is 8.75 Å². The molecule has 134 valence electrons. The first-order chi connectivity index (χ1) is 12.7. The van der Waals surface area contributed by atoms with Gasteiger partial charge < -0.3 is 9.64 Å². The van der Waals surface area contributed by atoms with Crippen LogP contribution in [0.3, 0.4) is 0 Å². The summed E-state index contributed by atoms with van der Waals surface area (Å²) in [4.78, 5) is 14.6. The zero-order chi connectivity index (χ0) is 18.4. The molecule has 0 aliphatic heterocycles. The van der Waals surface area contributed by atoms with Gasteiger partial charge >= 0.3 is 0 Å². The SMILES string of the molecule is CCN(Cc1ccccc1)C(=O)c1ccc(OCc2nsnc2C)cc1. The van der Waals surface area contributed by atoms with Gasteiger partial charge in [-0.25, -0.2) is 0 Å². The lowest BCUT2D eigenvalue weighted by Crippen LogP contribution is -2.30. The van der Waals surface area contributed by atoms with Crippen LogP contribution in [0.5, 0.6) is 5.75 Å². The largest absolute Gasteiger partial charge is 0.487 e. The monoisotopic (exact) mass is 367 g/mol. The number of amides is 1. The highest BCUT2D eigenvalue weighted by Gasteiger charge is 2.14. The Morgan fingerprint density at radius 1 is 1.08 bits per heavy atom. The van der Waals surface area contributed by atoms with Gasteiger partial charge in [0.1, 0.15) is 18.1 Å². The second-order valence-electron chi connectivity index (χ2n) is 5.91. The fourth-order valence-electron chi connectivity index (χ4n) is 2.54. The Morgan fingerprint density at radius 3 is 2.42 bits per heavy atom. The van der Waals surface area contributed by atoms with E-state index in [1.54, 1.807) is 12.1 Å². The van der Waals surface area contributed by atoms with E-state index < -0.39 is 0 Å². The van der Waals surface area contributed by atoms with E-state index in [0.29, 0.717) is 31.0 Å². The van der Waals surface area contributed by atoms with E-state index >= 15 is 0 Å². The zero-order valence-electron chi connectivity index (χ0n) is 14.9. The van der Waals surface area contributed by atoms with Crippen molar-refractivity contribution in [2.45, 2.75) is 27.0 Å². The van der Waals surface area contributed by atoms with E-state index in [1.807, 2.05) is 61.2 Å². The van der Waals surface area contributed by atoms with Crippen molar-refractivity contribution in [2.75, 3.05) is 6.54 Å². The van der Waals surface area contributed by atoms with Crippen molar-refractivity contribution in [3.8, 4) is 5.75 Å². The van der Waals surface area contributed by atoms with E-state index in [0.717, 1.165) is 17.0 Å². The molecule has 0 radical (unpaired) electrons. The molecule has 0 unspecified atom stereocenters. The van der Waals surface area contributed by atoms with Crippen molar-refractivity contribution in [3.63, 3.8) is 0 Å². The molecular weight excluding hydrogens is 346 g/mol. The normalized spacial score (nSPS) is 10.5. The van der Waals surface area contributed by atoms with Crippen molar-refractivity contribution in [3.05, 3.63) is 77.1 Å². The first kappa shape index (κ1) is 18.1. The van der Waals surface area contributed by atoms with Gasteiger partial charge in [-0.2, -0.15) is 8.75 Å². The molecule has 0 spiro atoms. The number of carbonyl (C=O) groups is 1. The summed E-state index contributed by atoms with van der Waals surface area (Å²) in [6.45, 7) is 5.54. The molecule has 0 bridgehead atoms. The lowest BCUT2D eigenvalue weighted by atomic mass is 10.1. The van der Waals surface area contributed by atoms with Gasteiger partial charge in [-0.1, -0.05) is 30.3 Å². The van der Waals surface area contributed by atoms with Crippen LogP contribution in [0.25, 0.3) is 0 Å². The number of hydrogen-bond acceptors (Lipinski definition) is 5. The summed E-state index contributed by atoms with van der Waals surface area (Å²) in [5.74, 6) is 0.725. The van der Waals surface area contributed by atoms with Crippen molar-refractivity contribution in [1.29, 1.82) is 0 Å². The number of aryl methyl sites for hydroxylation is 1. The molecule has 0 aliphatic rings. The molecule has 26 heavy (non-hydrogen) atoms. The third kappa shape index (κ3) is 4.46. The molecule has 0 N–H and O–H groups in total. The fraction of sp³-hybridized carbons (Fsp3) is 0.250. The lowest BCUT2D eigenvalue weighted by Gasteiger charge is -2.21. The number of rotatable bonds is 7. The highest BCUT2D eigenvalue weighted by molar-refractivity contribution is 6.99. The molecule has 0 fully saturated rings. The van der Waals surface area contributed by atoms with E-state index in [9.17, 15) is 4.79 Å². The van der Waals surface area contributed by atoms with Gasteiger partial charge in [-0.05, 0) is 43.7 Å². The minimum Gasteiger partial charge on any atom is -0.487 e. The molecule has 5 nitrogen and oxygen atoms in total. The molecule has 1 amide bonds. The first-order valence-electron chi connectivity index (χ1n) is 8.51. The van der Waals surface area contributed by atoms with Gasteiger partial charge in [-0.15, -0.1) is 0 Å². The summed E-state index contributed by atoms with van der Waals surface area (Å²) >= 11 is 1.18. The number of carbonyl (C=O) groups excluding carboxylic acids is 1. The van der Waals surface area contributed by atoms with Crippen LogP contribution in [0.2, 0.25) is 0 Å². The maximum atomic E-state index is 12.7. The second-order valence-corrected chi connectivity index (χ2v) is 6.44. The summed E-state index contributed by atoms with van der Waals surface area (Å²) in [5, 5.41) is 0. The molecule has 0 aliphatic carbocycles. The number of nitrogens with zero attached hydrogens (tertiary/aromatic N) is 3. The Bertz CT molecular complexity index is 847. The average Bonchev–Trinajstić information content (AvgIpc) is 3.10. The van der Waals surface area contributed by atoms with Crippen LogP contribution in [0.4, 0.5) is 0 Å². The highest BCUT2D eigenvalue weighted by Crippen LogP contribution is 2.17. The van der Waals surface area contributed by atoms with Crippen molar-refractivity contribution >= 4 is 17.6 Å². The predicted octanol–water partition coefficient (Wildman–Crippen LogP) is 4.09. The maximum absolute atomic E-state index is 12.7. The summed E-state index contributed by atoms with van der Waals surface area (Å²) < 4.78 is 14.1. The fourth-order valence-corrected chi connectivity index (χ4v) is 3.09. The topological polar surface area (TPSA) is 55.3 Å². The summed E-state index contributed by atoms with van der Waals surface area (Å²) in [5.41, 5.74) is 3.51. The van der Waals surface area contributed by atoms with Crippen LogP contribution in [-0.2, 0) is 13.2 Å². The van der Waals surface area contributed by atoms with Gasteiger partial charge in [0.15, 0.2) is 0 Å². The number of ether oxygens (including phenoxy) is 1. The van der Waals surface area contributed by atoms with E-state index in [-0.39, 0.29) is 5.91 Å². The highest BCUT2D eigenvalue weighted by atomic mass is 32.1. The quantitative estimate of drug-likeness (QED) is 0.631. The molecule has 1 aromatic heterocycles. The number of aromatic nitrogens is 2. The Balaban J connectivity index is 1.63. The average molecular weight is 367 g/mol. The minimum absolute atomic E-state index is 0.0162. The van der Waals surface area contributed by atoms with Gasteiger partial charge in [0.2, 0.25) is 0 Å². The lowest BCUT2D eigenvalue weighted by molar-refractivity contribution is 0.0752. The Morgan fingerprint density at radius 2 is 1.81 bits per heavy atom. The van der Waals surface area contributed by atoms with Crippen molar-refractivity contribution in [1.82, 2.24) is 13.6 Å². The summed E-state index contributed by atoms with van der Waals surface area (Å²) in [6.07, 6.45) is 0. The molecule has 0 saturated heterocycles. The van der Waals surface area contributed by atoms with Gasteiger partial charge in [0.25, 0.3) is 5.91 Å². The number of hydrogen-bond donors (Lipinski definition) is 0. The van der Waals surface area contributed by atoms with Gasteiger partial charge in [-0.3, -0.25) is 4.79 Å². The van der Waals surface area contributed by atoms with Gasteiger partial charge in [0.05, 0.1) is 17.4 Å². The van der Waals surface area contributed by atoms with Crippen LogP contribution in [0, 0.1) is 6.92 Å². The van der Waals surface area contributed by atoms with Crippen LogP contribution in [0.1, 0.15) is 34.2 Å². The molecule has 6 heteroatoms. The van der Waals surface area contributed by atoms with Crippen LogP contribution >= 0.6 is 11.7 Å². The predicted molar refractivity (Wildman–Crippen MR) is 102 cm³/mol. The molecular formula is C20H21N3O2S. The first-order valence-corrected chi connectivity index (χ1v) is 9.24. The molecule has 3 rings (SSSR count). The molecule has 2 aromatic carbocycles. The third-order valence-corrected chi connectivity index (χ3v) is 4.77. The summed E-state index contributed by atoms with van der Waals surface area (Å²) in [6, 6.07) is 17.2. The van der Waals surface area contributed by atoms with Crippen molar-refractivity contribution < 1.29 is 9.53 Å². The second kappa shape index (κ2) is 8.58. The minimum atomic E-state index is 0.0162.